The van der Waals surface area contributed by atoms with Crippen LogP contribution in [-0.2, 0) is 38.1 Å². The minimum Gasteiger partial charge on any atom is -0.459 e. The van der Waals surface area contributed by atoms with Gasteiger partial charge in [-0.15, -0.1) is 0 Å². The van der Waals surface area contributed by atoms with Crippen LogP contribution in [0.15, 0.2) is 0 Å². The van der Waals surface area contributed by atoms with E-state index in [4.69, 9.17) is 23.7 Å². The zero-order valence-corrected chi connectivity index (χ0v) is 20.0. The van der Waals surface area contributed by atoms with Crippen molar-refractivity contribution < 1.29 is 38.1 Å². The molecule has 6 aliphatic rings. The monoisotopic (exact) mass is 477 g/mol. The van der Waals surface area contributed by atoms with Crippen LogP contribution in [0.2, 0.25) is 0 Å². The highest BCUT2D eigenvalue weighted by Crippen LogP contribution is 2.59. The van der Waals surface area contributed by atoms with Crippen LogP contribution >= 0.6 is 0 Å². The number of esters is 3. The first kappa shape index (κ1) is 22.7. The Balaban J connectivity index is 1.16. The van der Waals surface area contributed by atoms with Gasteiger partial charge in [-0.2, -0.15) is 0 Å². The molecule has 0 aromatic heterocycles. The SMILES string of the molecule is CCC(C)(OC(=O)C1C2CC3C(OC(=O)C31)C2OC(=O)CN1CCOCC1)C1CC2CCC1O2. The molecule has 4 saturated heterocycles. The second kappa shape index (κ2) is 8.45. The lowest BCUT2D eigenvalue weighted by atomic mass is 9.75. The van der Waals surface area contributed by atoms with Crippen molar-refractivity contribution in [2.75, 3.05) is 32.8 Å². The van der Waals surface area contributed by atoms with Gasteiger partial charge in [0, 0.05) is 30.8 Å². The van der Waals surface area contributed by atoms with E-state index in [9.17, 15) is 14.4 Å². The van der Waals surface area contributed by atoms with E-state index in [1.165, 1.54) is 0 Å². The van der Waals surface area contributed by atoms with Crippen molar-refractivity contribution in [1.82, 2.24) is 4.90 Å². The summed E-state index contributed by atoms with van der Waals surface area (Å²) in [5.41, 5.74) is -0.636. The van der Waals surface area contributed by atoms with Gasteiger partial charge >= 0.3 is 17.9 Å². The van der Waals surface area contributed by atoms with E-state index in [0.29, 0.717) is 39.1 Å². The number of nitrogens with zero attached hydrogens (tertiary/aromatic N) is 1. The summed E-state index contributed by atoms with van der Waals surface area (Å²) >= 11 is 0. The molecule has 0 N–H and O–H groups in total. The molecule has 4 bridgehead atoms. The fraction of sp³-hybridized carbons (Fsp3) is 0.880. The fourth-order valence-electron chi connectivity index (χ4n) is 7.59. The Morgan fingerprint density at radius 3 is 2.62 bits per heavy atom. The Bertz CT molecular complexity index is 858. The van der Waals surface area contributed by atoms with E-state index in [-0.39, 0.29) is 54.4 Å². The van der Waals surface area contributed by atoms with Gasteiger partial charge in [0.25, 0.3) is 0 Å². The molecule has 2 aliphatic carbocycles. The van der Waals surface area contributed by atoms with Gasteiger partial charge in [-0.25, -0.2) is 0 Å². The Hall–Kier alpha value is -1.71. The first-order chi connectivity index (χ1) is 16.4. The second-order valence-electron chi connectivity index (χ2n) is 11.2. The molecular formula is C25H35NO8. The second-order valence-corrected chi connectivity index (χ2v) is 11.2. The van der Waals surface area contributed by atoms with Gasteiger partial charge in [0.05, 0.1) is 43.8 Å². The molecule has 0 aromatic rings. The molecule has 0 aromatic carbocycles. The summed E-state index contributed by atoms with van der Waals surface area (Å²) in [6, 6.07) is 0. The van der Waals surface area contributed by atoms with E-state index in [0.717, 1.165) is 19.3 Å². The minimum absolute atomic E-state index is 0.0880. The van der Waals surface area contributed by atoms with Crippen LogP contribution in [0.3, 0.4) is 0 Å². The molecule has 4 heterocycles. The molecular weight excluding hydrogens is 442 g/mol. The number of rotatable bonds is 7. The number of hydrogen-bond donors (Lipinski definition) is 0. The number of carbonyl (C=O) groups is 3. The molecule has 34 heavy (non-hydrogen) atoms. The van der Waals surface area contributed by atoms with Crippen LogP contribution in [0.25, 0.3) is 0 Å². The molecule has 0 radical (unpaired) electrons. The van der Waals surface area contributed by atoms with Crippen LogP contribution < -0.4 is 0 Å². The summed E-state index contributed by atoms with van der Waals surface area (Å²) in [7, 11) is 0. The summed E-state index contributed by atoms with van der Waals surface area (Å²) in [5.74, 6) is -2.33. The van der Waals surface area contributed by atoms with Gasteiger partial charge in [0.1, 0.15) is 17.8 Å². The predicted molar refractivity (Wildman–Crippen MR) is 116 cm³/mol. The quantitative estimate of drug-likeness (QED) is 0.397. The Morgan fingerprint density at radius 1 is 1.15 bits per heavy atom. The molecule has 9 heteroatoms. The molecule has 0 spiro atoms. The molecule has 188 valence electrons. The van der Waals surface area contributed by atoms with E-state index in [1.807, 2.05) is 18.7 Å². The first-order valence-corrected chi connectivity index (χ1v) is 13.0. The van der Waals surface area contributed by atoms with E-state index < -0.39 is 29.6 Å². The van der Waals surface area contributed by atoms with Gasteiger partial charge < -0.3 is 23.7 Å². The van der Waals surface area contributed by atoms with Gasteiger partial charge in [-0.3, -0.25) is 19.3 Å². The summed E-state index contributed by atoms with van der Waals surface area (Å²) < 4.78 is 29.1. The normalized spacial score (nSPS) is 44.2. The zero-order valence-electron chi connectivity index (χ0n) is 20.0. The number of morpholine rings is 1. The van der Waals surface area contributed by atoms with E-state index in [2.05, 4.69) is 0 Å². The molecule has 9 nitrogen and oxygen atoms in total. The van der Waals surface area contributed by atoms with Crippen molar-refractivity contribution in [2.24, 2.45) is 29.6 Å². The Morgan fingerprint density at radius 2 is 1.94 bits per heavy atom. The van der Waals surface area contributed by atoms with Crippen molar-refractivity contribution in [2.45, 2.75) is 76.0 Å². The Labute approximate surface area is 199 Å². The summed E-state index contributed by atoms with van der Waals surface area (Å²) in [5, 5.41) is 0. The van der Waals surface area contributed by atoms with Crippen LogP contribution in [0.1, 0.15) is 46.0 Å². The largest absolute Gasteiger partial charge is 0.459 e. The third-order valence-corrected chi connectivity index (χ3v) is 9.47. The zero-order chi connectivity index (χ0) is 23.6. The fourth-order valence-corrected chi connectivity index (χ4v) is 7.59. The molecule has 6 fully saturated rings. The number of fused-ring (bicyclic) bond motifs is 3. The molecule has 4 aliphatic heterocycles. The van der Waals surface area contributed by atoms with Crippen molar-refractivity contribution in [3.63, 3.8) is 0 Å². The highest BCUT2D eigenvalue weighted by Gasteiger charge is 2.70. The third-order valence-electron chi connectivity index (χ3n) is 9.47. The molecule has 10 unspecified atom stereocenters. The summed E-state index contributed by atoms with van der Waals surface area (Å²) in [6.07, 6.45) is 3.70. The highest BCUT2D eigenvalue weighted by atomic mass is 16.6. The van der Waals surface area contributed by atoms with Crippen LogP contribution in [-0.4, -0.2) is 85.7 Å². The summed E-state index contributed by atoms with van der Waals surface area (Å²) in [4.78, 5) is 41.1. The lowest BCUT2D eigenvalue weighted by Gasteiger charge is -2.39. The first-order valence-electron chi connectivity index (χ1n) is 13.0. The van der Waals surface area contributed by atoms with Crippen molar-refractivity contribution >= 4 is 17.9 Å². The Kier molecular flexibility index (Phi) is 5.65. The van der Waals surface area contributed by atoms with Crippen molar-refractivity contribution in [3.8, 4) is 0 Å². The number of hydrogen-bond acceptors (Lipinski definition) is 9. The molecule has 10 atom stereocenters. The molecule has 2 saturated carbocycles. The lowest BCUT2D eigenvalue weighted by Crippen LogP contribution is -2.49. The maximum atomic E-state index is 13.6. The number of carbonyl (C=O) groups excluding carboxylic acids is 3. The smallest absolute Gasteiger partial charge is 0.320 e. The van der Waals surface area contributed by atoms with Crippen LogP contribution in [0.4, 0.5) is 0 Å². The standard InChI is InChI=1S/C25H35NO8/c1-3-25(2,16-10-13-4-5-17(16)31-13)34-24(29)20-15-11-14-19(20)23(28)33-22(14)21(15)32-18(27)12-26-6-8-30-9-7-26/h13-17,19-22H,3-12H2,1-2H3. The average Bonchev–Trinajstić information content (AvgIpc) is 3.62. The van der Waals surface area contributed by atoms with Crippen molar-refractivity contribution in [3.05, 3.63) is 0 Å². The van der Waals surface area contributed by atoms with Crippen LogP contribution in [0.5, 0.6) is 0 Å². The van der Waals surface area contributed by atoms with Gasteiger partial charge in [0.2, 0.25) is 0 Å². The average molecular weight is 478 g/mol. The maximum absolute atomic E-state index is 13.6. The van der Waals surface area contributed by atoms with Crippen LogP contribution in [0, 0.1) is 29.6 Å². The maximum Gasteiger partial charge on any atom is 0.320 e. The number of ether oxygens (including phenoxy) is 5. The van der Waals surface area contributed by atoms with Gasteiger partial charge in [0.15, 0.2) is 0 Å². The molecule has 0 amide bonds. The lowest BCUT2D eigenvalue weighted by molar-refractivity contribution is -0.181. The van der Waals surface area contributed by atoms with Gasteiger partial charge in [-0.05, 0) is 39.0 Å². The van der Waals surface area contributed by atoms with Gasteiger partial charge in [-0.1, -0.05) is 6.92 Å². The summed E-state index contributed by atoms with van der Waals surface area (Å²) in [6.45, 7) is 6.78. The minimum atomic E-state index is -0.636. The van der Waals surface area contributed by atoms with E-state index >= 15 is 0 Å². The topological polar surface area (TPSA) is 101 Å². The predicted octanol–water partition coefficient (Wildman–Crippen LogP) is 1.32. The highest BCUT2D eigenvalue weighted by molar-refractivity contribution is 5.86. The van der Waals surface area contributed by atoms with E-state index in [1.54, 1.807) is 0 Å². The molecule has 6 rings (SSSR count). The third kappa shape index (κ3) is 3.57. The van der Waals surface area contributed by atoms with Crippen molar-refractivity contribution in [1.29, 1.82) is 0 Å².